The van der Waals surface area contributed by atoms with Gasteiger partial charge in [-0.15, -0.1) is 0 Å². The van der Waals surface area contributed by atoms with Gasteiger partial charge in [0, 0.05) is 16.7 Å². The van der Waals surface area contributed by atoms with E-state index in [0.29, 0.717) is 9.33 Å². The molecule has 0 amide bonds. The number of nitrogens with zero attached hydrogens (tertiary/aromatic N) is 2. The van der Waals surface area contributed by atoms with E-state index in [9.17, 15) is 4.79 Å². The molecule has 174 valence electrons. The van der Waals surface area contributed by atoms with Gasteiger partial charge in [0.2, 0.25) is 0 Å². The first-order chi connectivity index (χ1) is 17.2. The molecule has 4 aromatic rings. The van der Waals surface area contributed by atoms with Crippen LogP contribution in [0.4, 0.5) is 0 Å². The standard InChI is InChI=1S/C29H24N2O3S/c1-33-23-13-7-4-10-19(23)17-25-28(32)31-27(21-12-6-8-14-24(21)34-2)22-16-15-18-9-3-5-11-20(18)26(22)30-29(31)35-25/h3-14,17,27H,15-16H2,1-2H3/b25-17-/t27-/m0/s1. The molecule has 0 fully saturated rings. The van der Waals surface area contributed by atoms with Crippen molar-refractivity contribution in [3.05, 3.63) is 120 Å². The van der Waals surface area contributed by atoms with Crippen molar-refractivity contribution in [1.82, 2.24) is 4.57 Å². The smallest absolute Gasteiger partial charge is 0.271 e. The van der Waals surface area contributed by atoms with E-state index in [0.717, 1.165) is 52.3 Å². The fraction of sp³-hybridized carbons (Fsp3) is 0.172. The molecule has 1 aliphatic heterocycles. The molecule has 0 N–H and O–H groups in total. The number of para-hydroxylation sites is 2. The maximum atomic E-state index is 13.9. The number of aryl methyl sites for hydroxylation is 1. The lowest BCUT2D eigenvalue weighted by molar-refractivity contribution is 0.402. The molecule has 0 bridgehead atoms. The van der Waals surface area contributed by atoms with E-state index in [4.69, 9.17) is 14.5 Å². The van der Waals surface area contributed by atoms with Crippen LogP contribution in [0.5, 0.6) is 11.5 Å². The average Bonchev–Trinajstić information content (AvgIpc) is 3.22. The van der Waals surface area contributed by atoms with Crippen LogP contribution in [0.25, 0.3) is 11.8 Å². The van der Waals surface area contributed by atoms with Crippen LogP contribution in [-0.4, -0.2) is 18.8 Å². The number of ether oxygens (including phenoxy) is 2. The van der Waals surface area contributed by atoms with Gasteiger partial charge in [0.25, 0.3) is 5.56 Å². The van der Waals surface area contributed by atoms with Crippen LogP contribution >= 0.6 is 11.3 Å². The van der Waals surface area contributed by atoms with Gasteiger partial charge in [-0.05, 0) is 42.2 Å². The summed E-state index contributed by atoms with van der Waals surface area (Å²) >= 11 is 1.42. The van der Waals surface area contributed by atoms with Gasteiger partial charge < -0.3 is 9.47 Å². The molecule has 1 aliphatic carbocycles. The normalized spacial score (nSPS) is 16.7. The molecule has 0 saturated carbocycles. The lowest BCUT2D eigenvalue weighted by Gasteiger charge is -2.31. The van der Waals surface area contributed by atoms with E-state index in [1.54, 1.807) is 14.2 Å². The Bertz CT molecular complexity index is 1660. The third kappa shape index (κ3) is 3.53. The number of thiazole rings is 1. The lowest BCUT2D eigenvalue weighted by atomic mass is 9.83. The number of fused-ring (bicyclic) bond motifs is 3. The quantitative estimate of drug-likeness (QED) is 0.437. The Hall–Kier alpha value is -3.90. The summed E-state index contributed by atoms with van der Waals surface area (Å²) in [5.74, 6) is 1.50. The summed E-state index contributed by atoms with van der Waals surface area (Å²) in [5.41, 5.74) is 6.36. The molecule has 5 nitrogen and oxygen atoms in total. The van der Waals surface area contributed by atoms with Crippen LogP contribution in [0.3, 0.4) is 0 Å². The van der Waals surface area contributed by atoms with Crippen LogP contribution in [0.1, 0.15) is 34.7 Å². The molecule has 6 rings (SSSR count). The minimum Gasteiger partial charge on any atom is -0.496 e. The summed E-state index contributed by atoms with van der Waals surface area (Å²) in [6, 6.07) is 23.8. The van der Waals surface area contributed by atoms with Crippen molar-refractivity contribution in [2.75, 3.05) is 14.2 Å². The predicted octanol–water partition coefficient (Wildman–Crippen LogP) is 4.34. The highest BCUT2D eigenvalue weighted by atomic mass is 32.1. The second-order valence-corrected chi connectivity index (χ2v) is 9.61. The summed E-state index contributed by atoms with van der Waals surface area (Å²) < 4.78 is 13.7. The van der Waals surface area contributed by atoms with Crippen molar-refractivity contribution in [3.63, 3.8) is 0 Å². The summed E-state index contributed by atoms with van der Waals surface area (Å²) in [4.78, 5) is 19.7. The maximum absolute atomic E-state index is 13.9. The molecule has 2 heterocycles. The number of methoxy groups -OCH3 is 2. The van der Waals surface area contributed by atoms with E-state index in [-0.39, 0.29) is 11.6 Å². The lowest BCUT2D eigenvalue weighted by Crippen LogP contribution is -2.39. The number of allylic oxidation sites excluding steroid dienone is 1. The van der Waals surface area contributed by atoms with E-state index in [2.05, 4.69) is 30.3 Å². The number of hydrogen-bond donors (Lipinski definition) is 0. The molecule has 2 aliphatic rings. The van der Waals surface area contributed by atoms with Gasteiger partial charge in [0.1, 0.15) is 11.5 Å². The highest BCUT2D eigenvalue weighted by Gasteiger charge is 2.33. The Morgan fingerprint density at radius 2 is 1.63 bits per heavy atom. The van der Waals surface area contributed by atoms with E-state index in [1.807, 2.05) is 53.1 Å². The molecule has 0 saturated heterocycles. The third-order valence-electron chi connectivity index (χ3n) is 6.73. The molecular weight excluding hydrogens is 456 g/mol. The predicted molar refractivity (Wildman–Crippen MR) is 139 cm³/mol. The summed E-state index contributed by atoms with van der Waals surface area (Å²) in [7, 11) is 3.32. The monoisotopic (exact) mass is 480 g/mol. The Kier molecular flexibility index (Phi) is 5.38. The number of benzene rings is 3. The Balaban J connectivity index is 1.65. The molecular formula is C29H24N2O3S. The van der Waals surface area contributed by atoms with Crippen LogP contribution < -0.4 is 24.4 Å². The third-order valence-corrected chi connectivity index (χ3v) is 7.71. The molecule has 35 heavy (non-hydrogen) atoms. The Morgan fingerprint density at radius 1 is 0.914 bits per heavy atom. The minimum atomic E-state index is -0.273. The SMILES string of the molecule is COc1ccccc1/C=c1\sc2n(c1=O)[C@@H](c1ccccc1OC)C1=C(N=2)c2ccccc2CC1. The molecule has 1 atom stereocenters. The van der Waals surface area contributed by atoms with Gasteiger partial charge in [0.15, 0.2) is 4.80 Å². The van der Waals surface area contributed by atoms with Crippen LogP contribution in [0.2, 0.25) is 0 Å². The maximum Gasteiger partial charge on any atom is 0.271 e. The van der Waals surface area contributed by atoms with E-state index >= 15 is 0 Å². The van der Waals surface area contributed by atoms with Crippen molar-refractivity contribution in [1.29, 1.82) is 0 Å². The number of hydrogen-bond acceptors (Lipinski definition) is 5. The molecule has 0 unspecified atom stereocenters. The fourth-order valence-electron chi connectivity index (χ4n) is 5.12. The van der Waals surface area contributed by atoms with Crippen LogP contribution in [0.15, 0.2) is 88.2 Å². The van der Waals surface area contributed by atoms with Gasteiger partial charge in [-0.2, -0.15) is 0 Å². The highest BCUT2D eigenvalue weighted by molar-refractivity contribution is 7.07. The Labute approximate surface area is 206 Å². The zero-order chi connectivity index (χ0) is 23.9. The second-order valence-electron chi connectivity index (χ2n) is 8.60. The first-order valence-electron chi connectivity index (χ1n) is 11.6. The van der Waals surface area contributed by atoms with Crippen molar-refractivity contribution >= 4 is 23.1 Å². The largest absolute Gasteiger partial charge is 0.496 e. The summed E-state index contributed by atoms with van der Waals surface area (Å²) in [6.45, 7) is 0. The van der Waals surface area contributed by atoms with Gasteiger partial charge in [-0.3, -0.25) is 9.36 Å². The van der Waals surface area contributed by atoms with Gasteiger partial charge >= 0.3 is 0 Å². The van der Waals surface area contributed by atoms with Crippen LogP contribution in [0, 0.1) is 0 Å². The Morgan fingerprint density at radius 3 is 2.46 bits per heavy atom. The zero-order valence-corrected chi connectivity index (χ0v) is 20.3. The molecule has 1 aromatic heterocycles. The van der Waals surface area contributed by atoms with Gasteiger partial charge in [-0.25, -0.2) is 4.99 Å². The van der Waals surface area contributed by atoms with E-state index in [1.165, 1.54) is 16.9 Å². The van der Waals surface area contributed by atoms with Gasteiger partial charge in [0.05, 0.1) is 30.5 Å². The molecule has 3 aromatic carbocycles. The second kappa shape index (κ2) is 8.71. The molecule has 0 spiro atoms. The molecule has 0 radical (unpaired) electrons. The van der Waals surface area contributed by atoms with Gasteiger partial charge in [-0.1, -0.05) is 72.0 Å². The topological polar surface area (TPSA) is 52.8 Å². The number of aromatic nitrogens is 1. The first kappa shape index (κ1) is 21.6. The number of rotatable bonds is 4. The van der Waals surface area contributed by atoms with Crippen molar-refractivity contribution in [2.24, 2.45) is 4.99 Å². The highest BCUT2D eigenvalue weighted by Crippen LogP contribution is 2.43. The summed E-state index contributed by atoms with van der Waals surface area (Å²) in [5, 5.41) is 0. The van der Waals surface area contributed by atoms with Crippen molar-refractivity contribution < 1.29 is 9.47 Å². The van der Waals surface area contributed by atoms with E-state index < -0.39 is 0 Å². The van der Waals surface area contributed by atoms with Crippen LogP contribution in [-0.2, 0) is 6.42 Å². The zero-order valence-electron chi connectivity index (χ0n) is 19.5. The summed E-state index contributed by atoms with van der Waals surface area (Å²) in [6.07, 6.45) is 3.66. The average molecular weight is 481 g/mol. The molecule has 6 heteroatoms. The van der Waals surface area contributed by atoms with Crippen molar-refractivity contribution in [2.45, 2.75) is 18.9 Å². The first-order valence-corrected chi connectivity index (χ1v) is 12.4. The minimum absolute atomic E-state index is 0.0547. The van der Waals surface area contributed by atoms with Crippen molar-refractivity contribution in [3.8, 4) is 11.5 Å². The fourth-order valence-corrected chi connectivity index (χ4v) is 6.11.